The van der Waals surface area contributed by atoms with E-state index in [1.807, 2.05) is 18.7 Å². The molecule has 1 aromatic rings. The fraction of sp³-hybridized carbons (Fsp3) is 0.745. The Morgan fingerprint density at radius 1 is 0.878 bits per heavy atom. The number of unbranched alkanes of at least 4 members (excludes halogenated alkanes) is 12. The maximum Gasteiger partial charge on any atom is 0.108 e. The topological polar surface area (TPSA) is 209 Å². The molecule has 0 bridgehead atoms. The van der Waals surface area contributed by atoms with Gasteiger partial charge in [0.2, 0.25) is 0 Å². The molecule has 0 aliphatic carbocycles. The molecule has 3 aliphatic heterocycles. The normalized spacial score (nSPS) is 17.2. The van der Waals surface area contributed by atoms with Gasteiger partial charge in [-0.15, -0.1) is 0 Å². The van der Waals surface area contributed by atoms with Gasteiger partial charge in [0.15, 0.2) is 0 Å². The summed E-state index contributed by atoms with van der Waals surface area (Å²) < 4.78 is 45.0. The molecule has 3 aliphatic rings. The summed E-state index contributed by atoms with van der Waals surface area (Å²) in [4.78, 5) is 20.0. The molecule has 0 aromatic heterocycles. The third-order valence-corrected chi connectivity index (χ3v) is 12.4. The molecule has 4 N–H and O–H groups in total. The molecule has 19 heteroatoms. The van der Waals surface area contributed by atoms with Crippen LogP contribution in [0.4, 0.5) is 0 Å². The van der Waals surface area contributed by atoms with Crippen molar-refractivity contribution in [3.8, 4) is 11.8 Å². The predicted molar refractivity (Wildman–Crippen MR) is 300 cm³/mol. The quantitative estimate of drug-likeness (QED) is 0.0109. The number of likely N-dealkylation sites (tertiary alicyclic amines) is 1. The third-order valence-electron chi connectivity index (χ3n) is 11.9. The summed E-state index contributed by atoms with van der Waals surface area (Å²) in [6.07, 6.45) is 23.8. The molecule has 1 aromatic carbocycles. The van der Waals surface area contributed by atoms with Gasteiger partial charge in [0, 0.05) is 78.6 Å². The minimum Gasteiger partial charge on any atom is -0.469 e. The van der Waals surface area contributed by atoms with E-state index in [0.717, 1.165) is 49.2 Å². The zero-order valence-electron chi connectivity index (χ0n) is 46.4. The Morgan fingerprint density at radius 2 is 1.49 bits per heavy atom. The monoisotopic (exact) mass is 1130 g/mol. The largest absolute Gasteiger partial charge is 0.469 e. The molecule has 1 radical (unpaired) electrons. The van der Waals surface area contributed by atoms with Crippen LogP contribution in [0.3, 0.4) is 0 Å². The second kappa shape index (κ2) is 47.8. The molecular weight excluding hydrogens is 1040 g/mol. The maximum atomic E-state index is 11.3. The predicted octanol–water partition coefficient (Wildman–Crippen LogP) is 9.27. The number of hydrazone groups is 1. The van der Waals surface area contributed by atoms with Gasteiger partial charge >= 0.3 is 0 Å². The number of amidine groups is 1. The number of hydrogen-bond acceptors (Lipinski definition) is 14. The van der Waals surface area contributed by atoms with Crippen molar-refractivity contribution in [1.82, 2.24) is 10.2 Å². The van der Waals surface area contributed by atoms with Crippen molar-refractivity contribution in [3.05, 3.63) is 57.0 Å². The number of nitrogens with two attached hydrogens (primary N) is 1. The Labute approximate surface area is 473 Å². The summed E-state index contributed by atoms with van der Waals surface area (Å²) in [6, 6.07) is 6.29. The minimum absolute atomic E-state index is 0. The van der Waals surface area contributed by atoms with Gasteiger partial charge in [-0.2, -0.15) is 5.10 Å². The van der Waals surface area contributed by atoms with Crippen LogP contribution >= 0.6 is 8.15 Å². The van der Waals surface area contributed by atoms with E-state index in [4.69, 9.17) is 43.7 Å². The van der Waals surface area contributed by atoms with Gasteiger partial charge in [-0.1, -0.05) is 141 Å². The molecule has 1 saturated heterocycles. The fourth-order valence-electron chi connectivity index (χ4n) is 7.93. The third kappa shape index (κ3) is 31.7. The maximum absolute atomic E-state index is 11.3. The summed E-state index contributed by atoms with van der Waals surface area (Å²) in [6.45, 7) is 19.6. The zero-order chi connectivity index (χ0) is 52.9. The van der Waals surface area contributed by atoms with Crippen molar-refractivity contribution in [2.75, 3.05) is 126 Å². The van der Waals surface area contributed by atoms with E-state index in [1.165, 1.54) is 76.8 Å². The van der Waals surface area contributed by atoms with Gasteiger partial charge in [0.05, 0.1) is 97.0 Å². The van der Waals surface area contributed by atoms with Crippen LogP contribution < -0.4 is 11.2 Å². The number of ether oxygens (including phenoxy) is 8. The van der Waals surface area contributed by atoms with Gasteiger partial charge in [-0.3, -0.25) is 9.98 Å². The van der Waals surface area contributed by atoms with Crippen LogP contribution in [0.25, 0.3) is 10.7 Å². The first-order chi connectivity index (χ1) is 35.9. The van der Waals surface area contributed by atoms with Gasteiger partial charge in [-0.05, 0) is 67.8 Å². The Bertz CT molecular complexity index is 1740. The van der Waals surface area contributed by atoms with Crippen LogP contribution in [0.1, 0.15) is 141 Å². The Balaban J connectivity index is 0.000000962. The Kier molecular flexibility index (Phi) is 44.9. The first-order valence-electron chi connectivity index (χ1n) is 27.2. The molecule has 74 heavy (non-hydrogen) atoms. The van der Waals surface area contributed by atoms with Crippen LogP contribution in [0.5, 0.6) is 0 Å². The zero-order valence-corrected chi connectivity index (χ0v) is 50.1. The van der Waals surface area contributed by atoms with E-state index in [9.17, 15) is 10.3 Å². The molecule has 1 fully saturated rings. The SMILES string of the molecule is CC.CCCCCCCCCCCCCCOCC#Cc1ccc2c(c1)COC21CN(C(=[N-])/C2=C(\[N-]C)NCOC(COCP(C)O)CCN=C2)C1.CCCCOCCOCCOCCOCCN=C/C=N\N.[Y]. The van der Waals surface area contributed by atoms with Gasteiger partial charge < -0.3 is 69.6 Å². The van der Waals surface area contributed by atoms with Crippen LogP contribution in [-0.2, 0) is 82.8 Å². The van der Waals surface area contributed by atoms with Crippen LogP contribution in [0, 0.1) is 11.8 Å². The number of benzene rings is 1. The van der Waals surface area contributed by atoms with E-state index >= 15 is 0 Å². The summed E-state index contributed by atoms with van der Waals surface area (Å²) in [5.74, 6) is 11.9. The van der Waals surface area contributed by atoms with Crippen molar-refractivity contribution in [3.63, 3.8) is 0 Å². The molecule has 2 unspecified atom stereocenters. The van der Waals surface area contributed by atoms with E-state index < -0.39 is 13.7 Å². The number of hydrogen-bond donors (Lipinski definition) is 3. The summed E-state index contributed by atoms with van der Waals surface area (Å²) >= 11 is 0. The summed E-state index contributed by atoms with van der Waals surface area (Å²) in [7, 11) is 0.563. The van der Waals surface area contributed by atoms with E-state index in [1.54, 1.807) is 26.1 Å². The Morgan fingerprint density at radius 3 is 2.11 bits per heavy atom. The number of fused-ring (bicyclic) bond motifs is 2. The molecule has 1 spiro atoms. The number of nitrogens with zero attached hydrogens (tertiary/aromatic N) is 6. The van der Waals surface area contributed by atoms with Gasteiger partial charge in [0.1, 0.15) is 6.61 Å². The van der Waals surface area contributed by atoms with Crippen molar-refractivity contribution in [1.29, 1.82) is 0 Å². The van der Waals surface area contributed by atoms with E-state index in [0.29, 0.717) is 116 Å². The van der Waals surface area contributed by atoms with Crippen molar-refractivity contribution in [2.45, 2.75) is 142 Å². The minimum atomic E-state index is -1.10. The Hall–Kier alpha value is -2.43. The first-order valence-corrected chi connectivity index (χ1v) is 29.1. The van der Waals surface area contributed by atoms with E-state index in [-0.39, 0.29) is 51.4 Å². The molecular formula is C55H95N8O9PY-2. The molecule has 419 valence electrons. The summed E-state index contributed by atoms with van der Waals surface area (Å²) in [5.41, 5.74) is 3.32. The standard InChI is InChI=1S/C39H60N5O5P.C14H29N3O4.C2H6.Y/c1-4-5-6-7-8-9-10-11-12-13-14-15-22-46-23-16-17-32-18-19-36-33(24-32)26-49-39(36)28-44(29-39)37(40)35-25-42-21-20-34(27-47-31-50(3)45)48-30-43-38(35)41-2;1-2-3-7-18-9-11-20-13-14-21-12-10-19-8-6-16-4-5-17-15;1-2;/h18-19,24-25,34,43,45H,4-15,20-23,26-31H2,1-3H3;4-5H,2-3,6-15H2,1H3;1-2H3;/q-2;;;/b38-35+,42-25?;16-4?,17-5-;;. The second-order valence-electron chi connectivity index (χ2n) is 17.8. The van der Waals surface area contributed by atoms with Crippen LogP contribution in [0.2, 0.25) is 0 Å². The number of rotatable bonds is 36. The van der Waals surface area contributed by atoms with Crippen molar-refractivity contribution in [2.24, 2.45) is 20.9 Å². The van der Waals surface area contributed by atoms with Crippen molar-refractivity contribution < 1.29 is 75.5 Å². The molecule has 17 nitrogen and oxygen atoms in total. The molecule has 2 atom stereocenters. The van der Waals surface area contributed by atoms with Gasteiger partial charge in [-0.25, -0.2) is 0 Å². The second-order valence-corrected chi connectivity index (χ2v) is 19.4. The smallest absolute Gasteiger partial charge is 0.108 e. The molecule has 4 rings (SSSR count). The van der Waals surface area contributed by atoms with Gasteiger partial charge in [0.25, 0.3) is 0 Å². The van der Waals surface area contributed by atoms with Crippen molar-refractivity contribution >= 4 is 32.6 Å². The summed E-state index contributed by atoms with van der Waals surface area (Å²) in [5, 5.41) is 22.1. The molecule has 3 heterocycles. The molecule has 0 saturated carbocycles. The molecule has 0 amide bonds. The van der Waals surface area contributed by atoms with Crippen LogP contribution in [0.15, 0.2) is 44.7 Å². The van der Waals surface area contributed by atoms with Crippen LogP contribution in [-0.4, -0.2) is 166 Å². The fourth-order valence-corrected chi connectivity index (χ4v) is 8.30. The first kappa shape index (κ1) is 69.6. The average Bonchev–Trinajstić information content (AvgIpc) is 3.78. The average molecular weight is 1130 g/mol. The van der Waals surface area contributed by atoms with E-state index in [2.05, 4.69) is 69.6 Å². The number of aliphatic imine (C=N–C) groups is 2. The number of nitrogens with one attached hydrogen (secondary N) is 1.